The third-order valence-corrected chi connectivity index (χ3v) is 1.82. The van der Waals surface area contributed by atoms with Gasteiger partial charge < -0.3 is 5.32 Å². The Morgan fingerprint density at radius 1 is 1.58 bits per heavy atom. The molecular weight excluding hydrogens is 150 g/mol. The maximum absolute atomic E-state index is 4.27. The second-order valence-corrected chi connectivity index (χ2v) is 3.45. The molecule has 0 aliphatic heterocycles. The van der Waals surface area contributed by atoms with Crippen LogP contribution in [-0.4, -0.2) is 15.8 Å². The number of nitrogens with one attached hydrogen (secondary N) is 1. The van der Waals surface area contributed by atoms with Crippen LogP contribution in [0.2, 0.25) is 0 Å². The first-order valence-corrected chi connectivity index (χ1v) is 4.32. The molecule has 3 nitrogen and oxygen atoms in total. The van der Waals surface area contributed by atoms with E-state index in [1.54, 1.807) is 0 Å². The van der Waals surface area contributed by atoms with Gasteiger partial charge in [0.1, 0.15) is 0 Å². The van der Waals surface area contributed by atoms with Gasteiger partial charge in [0.25, 0.3) is 0 Å². The Balaban J connectivity index is 2.57. The molecule has 0 aromatic carbocycles. The Morgan fingerprint density at radius 3 is 2.67 bits per heavy atom. The SMILES string of the molecule is Cc1nn(C)cc1CNC(C)C. The van der Waals surface area contributed by atoms with Gasteiger partial charge >= 0.3 is 0 Å². The molecule has 0 bridgehead atoms. The Morgan fingerprint density at radius 2 is 2.25 bits per heavy atom. The fraction of sp³-hybridized carbons (Fsp3) is 0.667. The lowest BCUT2D eigenvalue weighted by Crippen LogP contribution is -2.21. The standard InChI is InChI=1S/C9H17N3/c1-7(2)10-5-9-6-12(4)11-8(9)3/h6-7,10H,5H2,1-4H3. The second kappa shape index (κ2) is 3.72. The van der Waals surface area contributed by atoms with Gasteiger partial charge in [-0.05, 0) is 6.92 Å². The van der Waals surface area contributed by atoms with Crippen molar-refractivity contribution in [2.45, 2.75) is 33.4 Å². The van der Waals surface area contributed by atoms with E-state index in [-0.39, 0.29) is 0 Å². The molecule has 1 aromatic rings. The van der Waals surface area contributed by atoms with Crippen molar-refractivity contribution in [3.63, 3.8) is 0 Å². The van der Waals surface area contributed by atoms with E-state index in [2.05, 4.69) is 30.5 Å². The van der Waals surface area contributed by atoms with Gasteiger partial charge in [0, 0.05) is 31.4 Å². The van der Waals surface area contributed by atoms with Crippen molar-refractivity contribution in [1.29, 1.82) is 0 Å². The zero-order chi connectivity index (χ0) is 9.14. The zero-order valence-corrected chi connectivity index (χ0v) is 8.26. The highest BCUT2D eigenvalue weighted by molar-refractivity contribution is 5.14. The van der Waals surface area contributed by atoms with Gasteiger partial charge in [-0.2, -0.15) is 5.10 Å². The smallest absolute Gasteiger partial charge is 0.0638 e. The predicted octanol–water partition coefficient (Wildman–Crippen LogP) is 1.23. The molecule has 1 N–H and O–H groups in total. The largest absolute Gasteiger partial charge is 0.310 e. The minimum atomic E-state index is 0.532. The summed E-state index contributed by atoms with van der Waals surface area (Å²) in [5.41, 5.74) is 2.40. The van der Waals surface area contributed by atoms with E-state index in [1.165, 1.54) is 5.56 Å². The first-order valence-electron chi connectivity index (χ1n) is 4.32. The summed E-state index contributed by atoms with van der Waals surface area (Å²) in [4.78, 5) is 0. The Bertz CT molecular complexity index is 250. The monoisotopic (exact) mass is 167 g/mol. The lowest BCUT2D eigenvalue weighted by Gasteiger charge is -2.05. The molecule has 1 aromatic heterocycles. The molecule has 0 saturated carbocycles. The van der Waals surface area contributed by atoms with Crippen LogP contribution in [0, 0.1) is 6.92 Å². The van der Waals surface area contributed by atoms with Crippen molar-refractivity contribution < 1.29 is 0 Å². The Hall–Kier alpha value is -0.830. The molecule has 0 aliphatic carbocycles. The minimum absolute atomic E-state index is 0.532. The third kappa shape index (κ3) is 2.34. The quantitative estimate of drug-likeness (QED) is 0.733. The predicted molar refractivity (Wildman–Crippen MR) is 49.9 cm³/mol. The van der Waals surface area contributed by atoms with Crippen LogP contribution in [0.3, 0.4) is 0 Å². The molecule has 1 rings (SSSR count). The van der Waals surface area contributed by atoms with Crippen LogP contribution in [0.25, 0.3) is 0 Å². The highest BCUT2D eigenvalue weighted by Crippen LogP contribution is 2.03. The molecule has 0 spiro atoms. The maximum atomic E-state index is 4.27. The zero-order valence-electron chi connectivity index (χ0n) is 8.26. The maximum Gasteiger partial charge on any atom is 0.0638 e. The van der Waals surface area contributed by atoms with Crippen LogP contribution < -0.4 is 5.32 Å². The summed E-state index contributed by atoms with van der Waals surface area (Å²) in [6.45, 7) is 7.24. The van der Waals surface area contributed by atoms with Crippen molar-refractivity contribution in [1.82, 2.24) is 15.1 Å². The van der Waals surface area contributed by atoms with Crippen LogP contribution >= 0.6 is 0 Å². The van der Waals surface area contributed by atoms with E-state index < -0.39 is 0 Å². The topological polar surface area (TPSA) is 29.9 Å². The van der Waals surface area contributed by atoms with E-state index >= 15 is 0 Å². The molecule has 12 heavy (non-hydrogen) atoms. The lowest BCUT2D eigenvalue weighted by molar-refractivity contribution is 0.587. The number of nitrogens with zero attached hydrogens (tertiary/aromatic N) is 2. The Kier molecular flexibility index (Phi) is 2.87. The average Bonchev–Trinajstić information content (AvgIpc) is 2.26. The van der Waals surface area contributed by atoms with Crippen LogP contribution in [0.5, 0.6) is 0 Å². The number of aryl methyl sites for hydroxylation is 2. The summed E-state index contributed by atoms with van der Waals surface area (Å²) in [7, 11) is 1.95. The van der Waals surface area contributed by atoms with Crippen LogP contribution in [0.1, 0.15) is 25.1 Å². The van der Waals surface area contributed by atoms with Crippen LogP contribution in [0.15, 0.2) is 6.20 Å². The van der Waals surface area contributed by atoms with Gasteiger partial charge in [-0.1, -0.05) is 13.8 Å². The van der Waals surface area contributed by atoms with Crippen molar-refractivity contribution in [2.75, 3.05) is 0 Å². The number of hydrogen-bond acceptors (Lipinski definition) is 2. The van der Waals surface area contributed by atoms with E-state index in [1.807, 2.05) is 18.7 Å². The number of aromatic nitrogens is 2. The summed E-state index contributed by atoms with van der Waals surface area (Å²) < 4.78 is 1.85. The summed E-state index contributed by atoms with van der Waals surface area (Å²) in [6, 6.07) is 0.532. The minimum Gasteiger partial charge on any atom is -0.310 e. The third-order valence-electron chi connectivity index (χ3n) is 1.82. The summed E-state index contributed by atoms with van der Waals surface area (Å²) in [6.07, 6.45) is 2.06. The molecule has 0 unspecified atom stereocenters. The molecule has 0 amide bonds. The average molecular weight is 167 g/mol. The van der Waals surface area contributed by atoms with Gasteiger partial charge in [0.15, 0.2) is 0 Å². The van der Waals surface area contributed by atoms with Crippen molar-refractivity contribution in [2.24, 2.45) is 7.05 Å². The van der Waals surface area contributed by atoms with Crippen molar-refractivity contribution >= 4 is 0 Å². The van der Waals surface area contributed by atoms with Gasteiger partial charge in [-0.15, -0.1) is 0 Å². The lowest BCUT2D eigenvalue weighted by atomic mass is 10.2. The molecular formula is C9H17N3. The van der Waals surface area contributed by atoms with Gasteiger partial charge in [-0.25, -0.2) is 0 Å². The normalized spacial score (nSPS) is 11.1. The Labute approximate surface area is 73.8 Å². The molecule has 1 heterocycles. The fourth-order valence-electron chi connectivity index (χ4n) is 1.14. The first kappa shape index (κ1) is 9.26. The highest BCUT2D eigenvalue weighted by Gasteiger charge is 2.02. The summed E-state index contributed by atoms with van der Waals surface area (Å²) >= 11 is 0. The molecule has 68 valence electrons. The number of hydrogen-bond donors (Lipinski definition) is 1. The van der Waals surface area contributed by atoms with Gasteiger partial charge in [0.2, 0.25) is 0 Å². The molecule has 0 aliphatic rings. The van der Waals surface area contributed by atoms with E-state index in [0.29, 0.717) is 6.04 Å². The van der Waals surface area contributed by atoms with E-state index in [4.69, 9.17) is 0 Å². The first-order chi connectivity index (χ1) is 5.59. The molecule has 0 radical (unpaired) electrons. The van der Waals surface area contributed by atoms with Gasteiger partial charge in [-0.3, -0.25) is 4.68 Å². The molecule has 0 atom stereocenters. The van der Waals surface area contributed by atoms with Crippen molar-refractivity contribution in [3.05, 3.63) is 17.5 Å². The molecule has 3 heteroatoms. The van der Waals surface area contributed by atoms with Crippen LogP contribution in [0.4, 0.5) is 0 Å². The summed E-state index contributed by atoms with van der Waals surface area (Å²) in [5, 5.41) is 7.63. The second-order valence-electron chi connectivity index (χ2n) is 3.45. The molecule has 0 saturated heterocycles. The van der Waals surface area contributed by atoms with E-state index in [0.717, 1.165) is 12.2 Å². The van der Waals surface area contributed by atoms with E-state index in [9.17, 15) is 0 Å². The van der Waals surface area contributed by atoms with Crippen LogP contribution in [-0.2, 0) is 13.6 Å². The number of rotatable bonds is 3. The molecule has 0 fully saturated rings. The van der Waals surface area contributed by atoms with Gasteiger partial charge in [0.05, 0.1) is 5.69 Å². The fourth-order valence-corrected chi connectivity index (χ4v) is 1.14. The van der Waals surface area contributed by atoms with Crippen molar-refractivity contribution in [3.8, 4) is 0 Å². The highest BCUT2D eigenvalue weighted by atomic mass is 15.2. The summed E-state index contributed by atoms with van der Waals surface area (Å²) in [5.74, 6) is 0.